The van der Waals surface area contributed by atoms with Crippen molar-refractivity contribution in [1.29, 1.82) is 0 Å². The molecule has 0 saturated carbocycles. The molecule has 122 valence electrons. The molecular formula is C14H23F3GeO3. The SMILES string of the molecule is CCCOC(O)(CCC1=[C]([Ge]([F])([F])[F])C=CC1)OCCC. The molecule has 1 aliphatic rings. The quantitative estimate of drug-likeness (QED) is 0.469. The van der Waals surface area contributed by atoms with Crippen LogP contribution in [0.5, 0.6) is 0 Å². The molecule has 0 spiro atoms. The first-order valence-electron chi connectivity index (χ1n) is 7.28. The van der Waals surface area contributed by atoms with Gasteiger partial charge in [-0.25, -0.2) is 0 Å². The van der Waals surface area contributed by atoms with Crippen LogP contribution in [0.15, 0.2) is 22.1 Å². The van der Waals surface area contributed by atoms with Crippen LogP contribution in [-0.4, -0.2) is 39.0 Å². The zero-order valence-electron chi connectivity index (χ0n) is 12.5. The topological polar surface area (TPSA) is 38.7 Å². The monoisotopic (exact) mass is 370 g/mol. The van der Waals surface area contributed by atoms with Crippen molar-refractivity contribution in [2.75, 3.05) is 13.2 Å². The van der Waals surface area contributed by atoms with Crippen LogP contribution in [-0.2, 0) is 9.47 Å². The Morgan fingerprint density at radius 3 is 2.24 bits per heavy atom. The summed E-state index contributed by atoms with van der Waals surface area (Å²) < 4.78 is 49.1. The van der Waals surface area contributed by atoms with Gasteiger partial charge in [-0.2, -0.15) is 0 Å². The average Bonchev–Trinajstić information content (AvgIpc) is 2.89. The van der Waals surface area contributed by atoms with Gasteiger partial charge in [-0.3, -0.25) is 0 Å². The molecule has 0 amide bonds. The van der Waals surface area contributed by atoms with E-state index in [4.69, 9.17) is 9.47 Å². The molecule has 0 atom stereocenters. The van der Waals surface area contributed by atoms with Gasteiger partial charge in [-0.15, -0.1) is 0 Å². The molecule has 0 saturated heterocycles. The van der Waals surface area contributed by atoms with E-state index in [1.54, 1.807) is 0 Å². The predicted molar refractivity (Wildman–Crippen MR) is 76.5 cm³/mol. The van der Waals surface area contributed by atoms with Gasteiger partial charge >= 0.3 is 127 Å². The molecule has 1 N–H and O–H groups in total. The van der Waals surface area contributed by atoms with E-state index in [0.717, 1.165) is 0 Å². The molecular weight excluding hydrogens is 346 g/mol. The van der Waals surface area contributed by atoms with Crippen molar-refractivity contribution in [2.45, 2.75) is 51.9 Å². The molecule has 0 unspecified atom stereocenters. The van der Waals surface area contributed by atoms with Gasteiger partial charge in [-0.05, 0) is 0 Å². The van der Waals surface area contributed by atoms with E-state index in [1.807, 2.05) is 13.8 Å². The Bertz CT molecular complexity index is 383. The summed E-state index contributed by atoms with van der Waals surface area (Å²) in [6.07, 6.45) is 4.56. The van der Waals surface area contributed by atoms with Gasteiger partial charge in [0.1, 0.15) is 0 Å². The Morgan fingerprint density at radius 2 is 1.76 bits per heavy atom. The molecule has 7 heteroatoms. The average molecular weight is 369 g/mol. The molecule has 0 aromatic rings. The molecule has 0 bridgehead atoms. The number of hydrogen-bond donors (Lipinski definition) is 1. The van der Waals surface area contributed by atoms with Gasteiger partial charge in [0, 0.05) is 0 Å². The predicted octanol–water partition coefficient (Wildman–Crippen LogP) is 3.91. The van der Waals surface area contributed by atoms with Crippen LogP contribution in [0.2, 0.25) is 0 Å². The third-order valence-corrected chi connectivity index (χ3v) is 5.51. The van der Waals surface area contributed by atoms with Crippen LogP contribution in [0, 0.1) is 0 Å². The fourth-order valence-corrected chi connectivity index (χ4v) is 4.06. The zero-order chi connectivity index (χ0) is 15.9. The number of hydrogen-bond acceptors (Lipinski definition) is 3. The fraction of sp³-hybridized carbons (Fsp3) is 0.714. The summed E-state index contributed by atoms with van der Waals surface area (Å²) in [4.78, 5) is 0. The van der Waals surface area contributed by atoms with Crippen LogP contribution >= 0.6 is 0 Å². The number of ether oxygens (including phenoxy) is 2. The van der Waals surface area contributed by atoms with E-state index in [1.165, 1.54) is 12.2 Å². The molecule has 1 aliphatic carbocycles. The number of allylic oxidation sites excluding steroid dienone is 4. The molecule has 0 fully saturated rings. The second-order valence-corrected chi connectivity index (χ2v) is 8.25. The summed E-state index contributed by atoms with van der Waals surface area (Å²) in [5.74, 6) is -1.79. The molecule has 21 heavy (non-hydrogen) atoms. The van der Waals surface area contributed by atoms with E-state index < -0.39 is 25.0 Å². The third-order valence-electron chi connectivity index (χ3n) is 3.14. The minimum absolute atomic E-state index is 0.0197. The molecule has 0 aliphatic heterocycles. The van der Waals surface area contributed by atoms with Crippen LogP contribution < -0.4 is 0 Å². The Kier molecular flexibility index (Phi) is 7.46. The number of rotatable bonds is 10. The van der Waals surface area contributed by atoms with Crippen LogP contribution in [0.1, 0.15) is 46.0 Å². The van der Waals surface area contributed by atoms with E-state index in [0.29, 0.717) is 38.0 Å². The maximum atomic E-state index is 13.0. The van der Waals surface area contributed by atoms with Crippen molar-refractivity contribution in [1.82, 2.24) is 0 Å². The normalized spacial score (nSPS) is 16.1. The van der Waals surface area contributed by atoms with Gasteiger partial charge in [0.25, 0.3) is 0 Å². The standard InChI is InChI=1S/C14H23F3GeO3/c1-3-10-20-14(19,21-11-4-2)9-8-12-6-5-7-13(12)18(15,16)17/h5,7,19H,3-4,6,8-11H2,1-2H3. The zero-order valence-corrected chi connectivity index (χ0v) is 14.6. The van der Waals surface area contributed by atoms with Crippen molar-refractivity contribution in [2.24, 2.45) is 0 Å². The van der Waals surface area contributed by atoms with Gasteiger partial charge in [0.15, 0.2) is 0 Å². The van der Waals surface area contributed by atoms with Crippen molar-refractivity contribution >= 4 is 14.7 Å². The Balaban J connectivity index is 2.68. The second-order valence-electron chi connectivity index (χ2n) is 5.03. The van der Waals surface area contributed by atoms with E-state index in [2.05, 4.69) is 0 Å². The van der Waals surface area contributed by atoms with Gasteiger partial charge in [-0.1, -0.05) is 0 Å². The fourth-order valence-electron chi connectivity index (χ4n) is 2.10. The molecule has 3 nitrogen and oxygen atoms in total. The van der Waals surface area contributed by atoms with Gasteiger partial charge in [0.05, 0.1) is 0 Å². The van der Waals surface area contributed by atoms with E-state index in [9.17, 15) is 15.6 Å². The van der Waals surface area contributed by atoms with Crippen LogP contribution in [0.25, 0.3) is 0 Å². The maximum absolute atomic E-state index is 13.0. The summed E-state index contributed by atoms with van der Waals surface area (Å²) in [6.45, 7) is 4.39. The minimum atomic E-state index is -6.31. The van der Waals surface area contributed by atoms with Gasteiger partial charge in [0.2, 0.25) is 0 Å². The summed E-state index contributed by atoms with van der Waals surface area (Å²) in [5, 5.41) is 10.3. The molecule has 1 rings (SSSR count). The second kappa shape index (κ2) is 8.36. The van der Waals surface area contributed by atoms with Gasteiger partial charge < -0.3 is 0 Å². The summed E-state index contributed by atoms with van der Waals surface area (Å²) >= 11 is -6.31. The number of halogens is 3. The molecule has 0 heterocycles. The Morgan fingerprint density at radius 1 is 1.19 bits per heavy atom. The van der Waals surface area contributed by atoms with Crippen molar-refractivity contribution < 1.29 is 25.1 Å². The van der Waals surface area contributed by atoms with Crippen molar-refractivity contribution in [3.05, 3.63) is 22.1 Å². The van der Waals surface area contributed by atoms with Crippen molar-refractivity contribution in [3.63, 3.8) is 0 Å². The first kappa shape index (κ1) is 18.7. The summed E-state index contributed by atoms with van der Waals surface area (Å²) in [6, 6.07) is 0. The Hall–Kier alpha value is -0.307. The van der Waals surface area contributed by atoms with Crippen LogP contribution in [0.3, 0.4) is 0 Å². The van der Waals surface area contributed by atoms with Crippen molar-refractivity contribution in [3.8, 4) is 0 Å². The molecule has 0 aromatic carbocycles. The first-order valence-corrected chi connectivity index (χ1v) is 10.7. The third kappa shape index (κ3) is 6.14. The molecule has 0 radical (unpaired) electrons. The Labute approximate surface area is 127 Å². The first-order chi connectivity index (χ1) is 9.82. The summed E-state index contributed by atoms with van der Waals surface area (Å²) in [5.41, 5.74) is 0.348. The van der Waals surface area contributed by atoms with E-state index in [-0.39, 0.29) is 12.8 Å². The number of aliphatic hydroxyl groups is 1. The van der Waals surface area contributed by atoms with E-state index >= 15 is 0 Å². The summed E-state index contributed by atoms with van der Waals surface area (Å²) in [7, 11) is 0. The molecule has 0 aromatic heterocycles. The van der Waals surface area contributed by atoms with Crippen LogP contribution in [0.4, 0.5) is 10.5 Å².